The molecule has 2 N–H and O–H groups in total. The van der Waals surface area contributed by atoms with Gasteiger partial charge in [-0.25, -0.2) is 4.79 Å². The summed E-state index contributed by atoms with van der Waals surface area (Å²) >= 11 is 0. The summed E-state index contributed by atoms with van der Waals surface area (Å²) in [6, 6.07) is 16.5. The summed E-state index contributed by atoms with van der Waals surface area (Å²) in [4.78, 5) is 12.9. The van der Waals surface area contributed by atoms with Gasteiger partial charge in [-0.3, -0.25) is 0 Å². The second-order valence-corrected chi connectivity index (χ2v) is 6.23. The quantitative estimate of drug-likeness (QED) is 0.810. The summed E-state index contributed by atoms with van der Waals surface area (Å²) in [6.07, 6.45) is 1.93. The number of carboxylic acid groups (broad SMARTS) is 1. The second kappa shape index (κ2) is 8.53. The highest BCUT2D eigenvalue weighted by molar-refractivity contribution is 5.68. The lowest BCUT2D eigenvalue weighted by Crippen LogP contribution is -2.43. The van der Waals surface area contributed by atoms with Crippen LogP contribution in [0.2, 0.25) is 0 Å². The molecule has 5 nitrogen and oxygen atoms in total. The molecule has 0 aliphatic carbocycles. The van der Waals surface area contributed by atoms with Crippen LogP contribution < -0.4 is 15.0 Å². The predicted molar refractivity (Wildman–Crippen MR) is 98.5 cm³/mol. The molecule has 2 aromatic rings. The molecule has 5 heteroatoms. The van der Waals surface area contributed by atoms with Gasteiger partial charge in [0.1, 0.15) is 5.75 Å². The zero-order valence-corrected chi connectivity index (χ0v) is 14.3. The van der Waals surface area contributed by atoms with Crippen LogP contribution in [-0.2, 0) is 17.6 Å². The molecule has 1 saturated heterocycles. The molecule has 1 fully saturated rings. The summed E-state index contributed by atoms with van der Waals surface area (Å²) < 4.78 is 5.15. The van der Waals surface area contributed by atoms with E-state index in [1.54, 1.807) is 0 Å². The standard InChI is InChI=1S/C20H24N2O3/c23-20(24)15-25-19-9-5-17(6-10-19)2-1-16-3-7-18(8-4-16)22-13-11-21-12-14-22/h3-10,21H,1-2,11-15H2,(H,23,24). The minimum absolute atomic E-state index is 0.307. The Morgan fingerprint density at radius 1 is 0.960 bits per heavy atom. The molecule has 3 rings (SSSR count). The van der Waals surface area contributed by atoms with Crippen molar-refractivity contribution in [1.29, 1.82) is 0 Å². The SMILES string of the molecule is O=C(O)COc1ccc(CCc2ccc(N3CCNCC3)cc2)cc1. The lowest BCUT2D eigenvalue weighted by molar-refractivity contribution is -0.139. The van der Waals surface area contributed by atoms with Crippen LogP contribution >= 0.6 is 0 Å². The average molecular weight is 340 g/mol. The fourth-order valence-electron chi connectivity index (χ4n) is 2.98. The molecule has 0 radical (unpaired) electrons. The number of piperazine rings is 1. The number of aliphatic carboxylic acids is 1. The van der Waals surface area contributed by atoms with E-state index >= 15 is 0 Å². The Bertz CT molecular complexity index is 677. The Morgan fingerprint density at radius 2 is 1.52 bits per heavy atom. The molecule has 25 heavy (non-hydrogen) atoms. The van der Waals surface area contributed by atoms with Crippen LogP contribution in [0.5, 0.6) is 5.75 Å². The molecular formula is C20H24N2O3. The highest BCUT2D eigenvalue weighted by atomic mass is 16.5. The maximum atomic E-state index is 10.5. The van der Waals surface area contributed by atoms with E-state index in [-0.39, 0.29) is 6.61 Å². The first-order chi connectivity index (χ1) is 12.2. The molecule has 0 unspecified atom stereocenters. The van der Waals surface area contributed by atoms with Crippen molar-refractivity contribution < 1.29 is 14.6 Å². The van der Waals surface area contributed by atoms with Crippen molar-refractivity contribution >= 4 is 11.7 Å². The van der Waals surface area contributed by atoms with E-state index in [1.807, 2.05) is 24.3 Å². The van der Waals surface area contributed by atoms with Gasteiger partial charge in [0.15, 0.2) is 6.61 Å². The van der Waals surface area contributed by atoms with Crippen LogP contribution in [0.1, 0.15) is 11.1 Å². The molecule has 1 heterocycles. The molecule has 1 aliphatic heterocycles. The van der Waals surface area contributed by atoms with Crippen molar-refractivity contribution in [3.05, 3.63) is 59.7 Å². The van der Waals surface area contributed by atoms with E-state index in [4.69, 9.17) is 9.84 Å². The molecule has 0 atom stereocenters. The number of carboxylic acids is 1. The van der Waals surface area contributed by atoms with Crippen LogP contribution in [0.4, 0.5) is 5.69 Å². The largest absolute Gasteiger partial charge is 0.482 e. The van der Waals surface area contributed by atoms with Crippen molar-refractivity contribution in [3.8, 4) is 5.75 Å². The molecular weight excluding hydrogens is 316 g/mol. The van der Waals surface area contributed by atoms with Crippen molar-refractivity contribution in [2.75, 3.05) is 37.7 Å². The van der Waals surface area contributed by atoms with Crippen molar-refractivity contribution in [1.82, 2.24) is 5.32 Å². The molecule has 2 aromatic carbocycles. The highest BCUT2D eigenvalue weighted by Gasteiger charge is 2.09. The number of carbonyl (C=O) groups is 1. The van der Waals surface area contributed by atoms with Gasteiger partial charge in [-0.15, -0.1) is 0 Å². The molecule has 132 valence electrons. The van der Waals surface area contributed by atoms with Crippen LogP contribution in [-0.4, -0.2) is 43.9 Å². The first-order valence-corrected chi connectivity index (χ1v) is 8.69. The van der Waals surface area contributed by atoms with Crippen LogP contribution in [0.3, 0.4) is 0 Å². The average Bonchev–Trinajstić information content (AvgIpc) is 2.66. The zero-order valence-electron chi connectivity index (χ0n) is 14.3. The third-order valence-corrected chi connectivity index (χ3v) is 4.41. The van der Waals surface area contributed by atoms with Gasteiger partial charge in [0.25, 0.3) is 0 Å². The number of benzene rings is 2. The number of anilines is 1. The number of nitrogens with one attached hydrogen (secondary N) is 1. The monoisotopic (exact) mass is 340 g/mol. The van der Waals surface area contributed by atoms with Gasteiger partial charge >= 0.3 is 5.97 Å². The summed E-state index contributed by atoms with van der Waals surface area (Å²) in [5.74, 6) is -0.375. The lowest BCUT2D eigenvalue weighted by atomic mass is 10.0. The third-order valence-electron chi connectivity index (χ3n) is 4.41. The normalized spacial score (nSPS) is 14.3. The Labute approximate surface area is 148 Å². The third kappa shape index (κ3) is 5.22. The van der Waals surface area contributed by atoms with E-state index in [2.05, 4.69) is 34.5 Å². The van der Waals surface area contributed by atoms with Crippen molar-refractivity contribution in [2.24, 2.45) is 0 Å². The van der Waals surface area contributed by atoms with Gasteiger partial charge in [-0.1, -0.05) is 24.3 Å². The van der Waals surface area contributed by atoms with Crippen molar-refractivity contribution in [2.45, 2.75) is 12.8 Å². The first-order valence-electron chi connectivity index (χ1n) is 8.69. The molecule has 1 aliphatic rings. The van der Waals surface area contributed by atoms with Crippen LogP contribution in [0.25, 0.3) is 0 Å². The fourth-order valence-corrected chi connectivity index (χ4v) is 2.98. The van der Waals surface area contributed by atoms with E-state index < -0.39 is 5.97 Å². The summed E-state index contributed by atoms with van der Waals surface area (Å²) in [5.41, 5.74) is 3.84. The number of nitrogens with zero attached hydrogens (tertiary/aromatic N) is 1. The maximum Gasteiger partial charge on any atom is 0.341 e. The Hall–Kier alpha value is -2.53. The Balaban J connectivity index is 1.50. The molecule has 0 aromatic heterocycles. The number of hydrogen-bond donors (Lipinski definition) is 2. The zero-order chi connectivity index (χ0) is 17.5. The topological polar surface area (TPSA) is 61.8 Å². The highest BCUT2D eigenvalue weighted by Crippen LogP contribution is 2.18. The first kappa shape index (κ1) is 17.3. The van der Waals surface area contributed by atoms with Gasteiger partial charge < -0.3 is 20.1 Å². The van der Waals surface area contributed by atoms with Gasteiger partial charge in [0, 0.05) is 31.9 Å². The molecule has 0 saturated carbocycles. The Morgan fingerprint density at radius 3 is 2.08 bits per heavy atom. The van der Waals surface area contributed by atoms with E-state index in [1.165, 1.54) is 16.8 Å². The number of ether oxygens (including phenoxy) is 1. The summed E-state index contributed by atoms with van der Waals surface area (Å²) in [5, 5.41) is 12.0. The Kier molecular flexibility index (Phi) is 5.90. The minimum atomic E-state index is -0.965. The number of rotatable bonds is 7. The smallest absolute Gasteiger partial charge is 0.341 e. The van der Waals surface area contributed by atoms with Gasteiger partial charge in [-0.05, 0) is 48.2 Å². The van der Waals surface area contributed by atoms with E-state index in [0.29, 0.717) is 5.75 Å². The summed E-state index contributed by atoms with van der Waals surface area (Å²) in [6.45, 7) is 3.92. The minimum Gasteiger partial charge on any atom is -0.482 e. The van der Waals surface area contributed by atoms with Crippen LogP contribution in [0, 0.1) is 0 Å². The van der Waals surface area contributed by atoms with E-state index in [9.17, 15) is 4.79 Å². The van der Waals surface area contributed by atoms with Gasteiger partial charge in [-0.2, -0.15) is 0 Å². The van der Waals surface area contributed by atoms with Crippen molar-refractivity contribution in [3.63, 3.8) is 0 Å². The summed E-state index contributed by atoms with van der Waals surface area (Å²) in [7, 11) is 0. The number of hydrogen-bond acceptors (Lipinski definition) is 4. The fraction of sp³-hybridized carbons (Fsp3) is 0.350. The molecule has 0 amide bonds. The lowest BCUT2D eigenvalue weighted by Gasteiger charge is -2.29. The maximum absolute atomic E-state index is 10.5. The van der Waals surface area contributed by atoms with Gasteiger partial charge in [0.05, 0.1) is 0 Å². The molecule has 0 bridgehead atoms. The van der Waals surface area contributed by atoms with Gasteiger partial charge in [0.2, 0.25) is 0 Å². The molecule has 0 spiro atoms. The number of aryl methyl sites for hydroxylation is 2. The predicted octanol–water partition coefficient (Wildman–Crippen LogP) is 2.34. The van der Waals surface area contributed by atoms with Crippen LogP contribution in [0.15, 0.2) is 48.5 Å². The van der Waals surface area contributed by atoms with E-state index in [0.717, 1.165) is 39.0 Å². The second-order valence-electron chi connectivity index (χ2n) is 6.23.